The van der Waals surface area contributed by atoms with Crippen LogP contribution in [0.5, 0.6) is 0 Å². The second kappa shape index (κ2) is 6.51. The average molecular weight is 394 g/mol. The van der Waals surface area contributed by atoms with Crippen LogP contribution in [0.3, 0.4) is 0 Å². The fraction of sp³-hybridized carbons (Fsp3) is 0.882. The highest BCUT2D eigenvalue weighted by Gasteiger charge is 2.69. The van der Waals surface area contributed by atoms with E-state index in [0.29, 0.717) is 19.3 Å². The first-order chi connectivity index (χ1) is 12.3. The van der Waals surface area contributed by atoms with Crippen LogP contribution in [0.15, 0.2) is 0 Å². The average Bonchev–Trinajstić information content (AvgIpc) is 2.33. The predicted octanol–water partition coefficient (Wildman–Crippen LogP) is 2.39. The van der Waals surface area contributed by atoms with Crippen LogP contribution in [0.4, 0.5) is 18.0 Å². The molecule has 4 aliphatic carbocycles. The van der Waals surface area contributed by atoms with E-state index in [1.165, 1.54) is 0 Å². The molecule has 27 heavy (non-hydrogen) atoms. The Morgan fingerprint density at radius 2 is 1.56 bits per heavy atom. The Labute approximate surface area is 155 Å². The maximum atomic E-state index is 12.0. The van der Waals surface area contributed by atoms with Gasteiger partial charge >= 0.3 is 12.5 Å². The smallest absolute Gasteiger partial charge is 0.444 e. The van der Waals surface area contributed by atoms with Crippen LogP contribution in [-0.2, 0) is 19.0 Å². The van der Waals surface area contributed by atoms with E-state index in [1.807, 2.05) is 0 Å². The molecular formula is C17H25F3N2O5. The van der Waals surface area contributed by atoms with Crippen molar-refractivity contribution in [3.05, 3.63) is 0 Å². The van der Waals surface area contributed by atoms with Crippen molar-refractivity contribution in [2.45, 2.75) is 88.1 Å². The summed E-state index contributed by atoms with van der Waals surface area (Å²) in [5.41, 5.74) is -1.20. The number of alkyl halides is 3. The monoisotopic (exact) mass is 394 g/mol. The van der Waals surface area contributed by atoms with E-state index in [2.05, 4.69) is 15.4 Å². The number of hydrogen-bond acceptors (Lipinski definition) is 5. The van der Waals surface area contributed by atoms with E-state index in [1.54, 1.807) is 20.8 Å². The van der Waals surface area contributed by atoms with Crippen molar-refractivity contribution in [1.29, 1.82) is 0 Å². The summed E-state index contributed by atoms with van der Waals surface area (Å²) in [4.78, 5) is 23.8. The lowest BCUT2D eigenvalue weighted by molar-refractivity contribution is -0.357. The first-order valence-corrected chi connectivity index (χ1v) is 8.96. The van der Waals surface area contributed by atoms with Gasteiger partial charge in [0.05, 0.1) is 17.7 Å². The molecule has 154 valence electrons. The Bertz CT molecular complexity index is 591. The third-order valence-electron chi connectivity index (χ3n) is 5.00. The highest BCUT2D eigenvalue weighted by molar-refractivity contribution is 5.79. The lowest BCUT2D eigenvalue weighted by Gasteiger charge is -2.70. The van der Waals surface area contributed by atoms with Gasteiger partial charge in [-0.2, -0.15) is 0 Å². The minimum Gasteiger partial charge on any atom is -0.444 e. The summed E-state index contributed by atoms with van der Waals surface area (Å²) in [7, 11) is 0. The zero-order chi connectivity index (χ0) is 20.1. The fourth-order valence-corrected chi connectivity index (χ4v) is 4.04. The molecule has 4 rings (SSSR count). The van der Waals surface area contributed by atoms with Crippen molar-refractivity contribution >= 4 is 12.0 Å². The van der Waals surface area contributed by atoms with Gasteiger partial charge < -0.3 is 20.1 Å². The molecule has 7 nitrogen and oxygen atoms in total. The van der Waals surface area contributed by atoms with Crippen molar-refractivity contribution in [1.82, 2.24) is 10.6 Å². The lowest BCUT2D eigenvalue weighted by atomic mass is 9.44. The second-order valence-corrected chi connectivity index (χ2v) is 8.86. The van der Waals surface area contributed by atoms with Gasteiger partial charge in [-0.05, 0) is 40.0 Å². The summed E-state index contributed by atoms with van der Waals surface area (Å²) in [6.45, 7) is 5.17. The minimum absolute atomic E-state index is 0.126. The van der Waals surface area contributed by atoms with Gasteiger partial charge in [0.2, 0.25) is 5.91 Å². The summed E-state index contributed by atoms with van der Waals surface area (Å²) in [5, 5.41) is 5.75. The molecule has 0 heterocycles. The molecule has 0 aromatic carbocycles. The van der Waals surface area contributed by atoms with Crippen molar-refractivity contribution in [3.63, 3.8) is 0 Å². The standard InChI is InChI=1S/C17H25F3N2O5/c1-14(2,3)27-13(24)22-16-7-15(8-16,9-16)21-12(23)6-25-10-4-11(5-10)26-17(18,19)20/h10-11H,4-9H2,1-3H3,(H,21,23)(H,22,24). The van der Waals surface area contributed by atoms with Gasteiger partial charge in [0.25, 0.3) is 0 Å². The third-order valence-corrected chi connectivity index (χ3v) is 5.00. The van der Waals surface area contributed by atoms with Crippen LogP contribution in [0, 0.1) is 0 Å². The Hall–Kier alpha value is -1.55. The van der Waals surface area contributed by atoms with Crippen LogP contribution in [0.1, 0.15) is 52.9 Å². The highest BCUT2D eigenvalue weighted by Crippen LogP contribution is 2.60. The maximum Gasteiger partial charge on any atom is 0.522 e. The van der Waals surface area contributed by atoms with Crippen LogP contribution in [0.2, 0.25) is 0 Å². The highest BCUT2D eigenvalue weighted by atomic mass is 19.4. The fourth-order valence-electron chi connectivity index (χ4n) is 4.04. The zero-order valence-corrected chi connectivity index (χ0v) is 15.6. The van der Waals surface area contributed by atoms with Crippen molar-refractivity contribution in [2.75, 3.05) is 6.61 Å². The summed E-state index contributed by atoms with van der Waals surface area (Å²) >= 11 is 0. The van der Waals surface area contributed by atoms with E-state index < -0.39 is 30.3 Å². The maximum absolute atomic E-state index is 12.0. The number of nitrogens with one attached hydrogen (secondary N) is 2. The van der Waals surface area contributed by atoms with Gasteiger partial charge in [-0.25, -0.2) is 4.79 Å². The van der Waals surface area contributed by atoms with Gasteiger partial charge in [0, 0.05) is 18.4 Å². The van der Waals surface area contributed by atoms with E-state index in [4.69, 9.17) is 9.47 Å². The number of ether oxygens (including phenoxy) is 3. The molecule has 0 radical (unpaired) electrons. The molecule has 0 aromatic heterocycles. The molecule has 0 aromatic rings. The molecule has 4 aliphatic rings. The second-order valence-electron chi connectivity index (χ2n) is 8.86. The van der Waals surface area contributed by atoms with Gasteiger partial charge in [-0.1, -0.05) is 0 Å². The molecule has 0 unspecified atom stereocenters. The number of rotatable bonds is 6. The Morgan fingerprint density at radius 1 is 1.00 bits per heavy atom. The van der Waals surface area contributed by atoms with Crippen molar-refractivity contribution < 1.29 is 37.0 Å². The molecule has 0 atom stereocenters. The molecule has 2 amide bonds. The Kier molecular flexibility index (Phi) is 4.87. The molecule has 4 fully saturated rings. The number of halogens is 3. The topological polar surface area (TPSA) is 85.9 Å². The van der Waals surface area contributed by atoms with E-state index in [0.717, 1.165) is 0 Å². The molecule has 2 N–H and O–H groups in total. The van der Waals surface area contributed by atoms with Crippen LogP contribution < -0.4 is 10.6 Å². The largest absolute Gasteiger partial charge is 0.522 e. The number of alkyl carbamates (subject to hydrolysis) is 1. The van der Waals surface area contributed by atoms with E-state index >= 15 is 0 Å². The van der Waals surface area contributed by atoms with E-state index in [9.17, 15) is 22.8 Å². The first-order valence-electron chi connectivity index (χ1n) is 8.96. The number of carbonyl (C=O) groups excluding carboxylic acids is 2. The molecule has 0 saturated heterocycles. The van der Waals surface area contributed by atoms with E-state index in [-0.39, 0.29) is 36.4 Å². The lowest BCUT2D eigenvalue weighted by Crippen LogP contribution is -2.84. The summed E-state index contributed by atoms with van der Waals surface area (Å²) < 4.78 is 50.5. The van der Waals surface area contributed by atoms with Crippen LogP contribution in [0.25, 0.3) is 0 Å². The van der Waals surface area contributed by atoms with Crippen molar-refractivity contribution in [2.24, 2.45) is 0 Å². The SMILES string of the molecule is CC(C)(C)OC(=O)NC12CC(NC(=O)COC3CC(OC(F)(F)F)C3)(C1)C2. The minimum atomic E-state index is -4.64. The predicted molar refractivity (Wildman–Crippen MR) is 86.7 cm³/mol. The van der Waals surface area contributed by atoms with Crippen LogP contribution >= 0.6 is 0 Å². The van der Waals surface area contributed by atoms with Gasteiger partial charge in [0.1, 0.15) is 12.2 Å². The number of hydrogen-bond donors (Lipinski definition) is 2. The Balaban J connectivity index is 1.29. The van der Waals surface area contributed by atoms with Crippen molar-refractivity contribution in [3.8, 4) is 0 Å². The molecule has 10 heteroatoms. The van der Waals surface area contributed by atoms with Gasteiger partial charge in [-0.3, -0.25) is 9.53 Å². The molecule has 2 bridgehead atoms. The number of carbonyl (C=O) groups is 2. The summed E-state index contributed by atoms with van der Waals surface area (Å²) in [6, 6.07) is 0. The normalized spacial score (nSPS) is 34.6. The molecule has 4 saturated carbocycles. The zero-order valence-electron chi connectivity index (χ0n) is 15.6. The quantitative estimate of drug-likeness (QED) is 0.723. The summed E-state index contributed by atoms with van der Waals surface area (Å²) in [6.07, 6.45) is -4.24. The summed E-state index contributed by atoms with van der Waals surface area (Å²) in [5.74, 6) is -0.305. The van der Waals surface area contributed by atoms with Crippen LogP contribution in [-0.4, -0.2) is 53.9 Å². The molecular weight excluding hydrogens is 369 g/mol. The van der Waals surface area contributed by atoms with Gasteiger partial charge in [0.15, 0.2) is 0 Å². The first kappa shape index (κ1) is 20.2. The number of amides is 2. The van der Waals surface area contributed by atoms with Gasteiger partial charge in [-0.15, -0.1) is 13.2 Å². The Morgan fingerprint density at radius 3 is 2.07 bits per heavy atom. The third kappa shape index (κ3) is 5.04. The molecule has 0 spiro atoms. The molecule has 0 aliphatic heterocycles.